The Kier molecular flexibility index (Phi) is 5.86. The molecule has 2 saturated heterocycles. The molecule has 7 rings (SSSR count). The molecule has 42 heavy (non-hydrogen) atoms. The third-order valence-corrected chi connectivity index (χ3v) is 12.8. The van der Waals surface area contributed by atoms with Crippen LogP contribution in [0.3, 0.4) is 0 Å². The zero-order valence-electron chi connectivity index (χ0n) is 24.8. The van der Waals surface area contributed by atoms with Gasteiger partial charge in [0.2, 0.25) is 0 Å². The molecule has 11 nitrogen and oxygen atoms in total. The minimum atomic E-state index is -1.26. The number of methoxy groups -OCH3 is 1. The molecule has 3 heterocycles. The van der Waals surface area contributed by atoms with E-state index in [1.807, 2.05) is 26.8 Å². The first-order valence-electron chi connectivity index (χ1n) is 14.8. The van der Waals surface area contributed by atoms with Gasteiger partial charge in [0.05, 0.1) is 48.3 Å². The van der Waals surface area contributed by atoms with Gasteiger partial charge < -0.3 is 38.3 Å². The summed E-state index contributed by atoms with van der Waals surface area (Å²) in [6.45, 7) is 8.40. The molecule has 2 N–H and O–H groups in total. The second-order valence-electron chi connectivity index (χ2n) is 14.1. The lowest BCUT2D eigenvalue weighted by molar-refractivity contribution is -0.459. The van der Waals surface area contributed by atoms with E-state index in [1.54, 1.807) is 12.5 Å². The van der Waals surface area contributed by atoms with Crippen molar-refractivity contribution in [3.63, 3.8) is 0 Å². The van der Waals surface area contributed by atoms with Crippen molar-refractivity contribution in [1.29, 1.82) is 0 Å². The highest BCUT2D eigenvalue weighted by atomic mass is 16.7. The molecule has 1 spiro atoms. The molecule has 230 valence electrons. The summed E-state index contributed by atoms with van der Waals surface area (Å²) in [5.41, 5.74) is -4.57. The molecule has 0 radical (unpaired) electrons. The van der Waals surface area contributed by atoms with Crippen molar-refractivity contribution >= 4 is 17.7 Å². The van der Waals surface area contributed by atoms with E-state index in [2.05, 4.69) is 0 Å². The zero-order valence-corrected chi connectivity index (χ0v) is 24.8. The van der Waals surface area contributed by atoms with Crippen molar-refractivity contribution < 1.29 is 52.7 Å². The lowest BCUT2D eigenvalue weighted by atomic mass is 9.30. The van der Waals surface area contributed by atoms with Gasteiger partial charge in [-0.25, -0.2) is 0 Å². The van der Waals surface area contributed by atoms with E-state index < -0.39 is 93.8 Å². The summed E-state index contributed by atoms with van der Waals surface area (Å²) in [6, 6.07) is 1.81. The monoisotopic (exact) mass is 588 g/mol. The average Bonchev–Trinajstić information content (AvgIpc) is 3.52. The summed E-state index contributed by atoms with van der Waals surface area (Å²) in [5.74, 6) is -3.11. The average molecular weight is 589 g/mol. The molecule has 1 unspecified atom stereocenters. The van der Waals surface area contributed by atoms with Crippen LogP contribution in [0.25, 0.3) is 0 Å². The lowest BCUT2D eigenvalue weighted by Crippen LogP contribution is -2.91. The fourth-order valence-electron chi connectivity index (χ4n) is 11.5. The Morgan fingerprint density at radius 3 is 2.33 bits per heavy atom. The SMILES string of the molecule is COC1OC[C@@]23[C@H]4C(=O)[C@H](OC(C)=O)[C@@]5(C)[C@H](c6ccoc6)C[C@@H](O)[C@]56O[C@H](C[C@H]2[C@]1(C)[C@H](OC(C)=O)C[C@@H]3O)[C@]46C. The molecule has 2 bridgehead atoms. The Bertz CT molecular complexity index is 1330. The molecular weight excluding hydrogens is 548 g/mol. The molecular formula is C31H40O11. The minimum Gasteiger partial charge on any atom is -0.472 e. The van der Waals surface area contributed by atoms with Gasteiger partial charge in [-0.05, 0) is 30.4 Å². The van der Waals surface area contributed by atoms with Gasteiger partial charge in [0.25, 0.3) is 0 Å². The number of aliphatic hydroxyl groups is 2. The van der Waals surface area contributed by atoms with Crippen LogP contribution in [0, 0.1) is 33.5 Å². The number of carbonyl (C=O) groups excluding carboxylic acids is 3. The summed E-state index contributed by atoms with van der Waals surface area (Å²) >= 11 is 0. The summed E-state index contributed by atoms with van der Waals surface area (Å²) in [7, 11) is 1.53. The minimum absolute atomic E-state index is 0.0132. The maximum absolute atomic E-state index is 15.1. The van der Waals surface area contributed by atoms with E-state index in [0.29, 0.717) is 6.42 Å². The largest absolute Gasteiger partial charge is 0.472 e. The number of aliphatic hydroxyl groups excluding tert-OH is 2. The number of hydrogen-bond donors (Lipinski definition) is 2. The number of furan rings is 1. The molecule has 11 heteroatoms. The van der Waals surface area contributed by atoms with Gasteiger partial charge in [-0.15, -0.1) is 0 Å². The predicted octanol–water partition coefficient (Wildman–Crippen LogP) is 2.12. The number of carbonyl (C=O) groups is 3. The molecule has 0 amide bonds. The van der Waals surface area contributed by atoms with Gasteiger partial charge in [-0.1, -0.05) is 20.8 Å². The van der Waals surface area contributed by atoms with Crippen LogP contribution in [0.5, 0.6) is 0 Å². The van der Waals surface area contributed by atoms with Gasteiger partial charge >= 0.3 is 11.9 Å². The first-order chi connectivity index (χ1) is 19.8. The van der Waals surface area contributed by atoms with E-state index in [-0.39, 0.29) is 25.2 Å². The van der Waals surface area contributed by atoms with Crippen LogP contribution in [-0.2, 0) is 38.1 Å². The van der Waals surface area contributed by atoms with Gasteiger partial charge in [-0.3, -0.25) is 14.4 Å². The standard InChI is InChI=1S/C31H40O11/c1-14(32)40-21-11-19(34)30-13-39-26(37-6)27(21,3)18(30)10-22-29(5)24(30)23(36)25(41-15(2)33)28(4)17(16-7-8-38-12-16)9-20(35)31(28,29)42-22/h7-8,12,17-22,24-26,34-35H,9-11,13H2,1-6H3/t17-,18-,19-,20+,21+,22+,24-,25-,26?,27+,28+,29+,30+,31-/m0/s1. The summed E-state index contributed by atoms with van der Waals surface area (Å²) in [6.07, 6.45) is -1.34. The third kappa shape index (κ3) is 2.84. The maximum atomic E-state index is 15.1. The number of rotatable bonds is 4. The first kappa shape index (κ1) is 28.5. The van der Waals surface area contributed by atoms with Crippen molar-refractivity contribution in [3.8, 4) is 0 Å². The van der Waals surface area contributed by atoms with Gasteiger partial charge in [0.15, 0.2) is 18.2 Å². The quantitative estimate of drug-likeness (QED) is 0.498. The van der Waals surface area contributed by atoms with Gasteiger partial charge in [-0.2, -0.15) is 0 Å². The Morgan fingerprint density at radius 2 is 1.71 bits per heavy atom. The molecule has 1 aromatic heterocycles. The predicted molar refractivity (Wildman–Crippen MR) is 142 cm³/mol. The van der Waals surface area contributed by atoms with Crippen molar-refractivity contribution in [2.24, 2.45) is 33.5 Å². The Morgan fingerprint density at radius 1 is 1.00 bits per heavy atom. The van der Waals surface area contributed by atoms with Crippen molar-refractivity contribution in [1.82, 2.24) is 0 Å². The Labute approximate surface area is 244 Å². The lowest BCUT2D eigenvalue weighted by Gasteiger charge is -2.81. The summed E-state index contributed by atoms with van der Waals surface area (Å²) < 4.78 is 36.2. The number of Topliss-reactive ketones (excluding diaryl/α,β-unsaturated/α-hetero) is 1. The topological polar surface area (TPSA) is 151 Å². The third-order valence-electron chi connectivity index (χ3n) is 12.8. The normalized spacial score (nSPS) is 53.7. The fraction of sp³-hybridized carbons (Fsp3) is 0.774. The number of hydrogen-bond acceptors (Lipinski definition) is 11. The molecule has 4 aliphatic carbocycles. The second-order valence-corrected chi connectivity index (χ2v) is 14.1. The molecule has 4 saturated carbocycles. The highest BCUT2D eigenvalue weighted by molar-refractivity contribution is 5.93. The van der Waals surface area contributed by atoms with Crippen molar-refractivity contribution in [2.75, 3.05) is 13.7 Å². The highest BCUT2D eigenvalue weighted by Gasteiger charge is 2.92. The molecule has 0 aromatic carbocycles. The first-order valence-corrected chi connectivity index (χ1v) is 14.8. The highest BCUT2D eigenvalue weighted by Crippen LogP contribution is 2.82. The number of ether oxygens (including phenoxy) is 5. The summed E-state index contributed by atoms with van der Waals surface area (Å²) in [4.78, 5) is 39.9. The fourth-order valence-corrected chi connectivity index (χ4v) is 11.5. The number of esters is 2. The van der Waals surface area contributed by atoms with Crippen LogP contribution >= 0.6 is 0 Å². The number of ketones is 1. The van der Waals surface area contributed by atoms with Crippen LogP contribution < -0.4 is 0 Å². The molecule has 14 atom stereocenters. The molecule has 6 fully saturated rings. The van der Waals surface area contributed by atoms with Gasteiger partial charge in [0.1, 0.15) is 11.7 Å². The van der Waals surface area contributed by atoms with E-state index in [1.165, 1.54) is 21.0 Å². The van der Waals surface area contributed by atoms with Gasteiger partial charge in [0, 0.05) is 50.0 Å². The molecule has 2 aliphatic heterocycles. The van der Waals surface area contributed by atoms with Crippen LogP contribution in [0.2, 0.25) is 0 Å². The smallest absolute Gasteiger partial charge is 0.303 e. The van der Waals surface area contributed by atoms with Crippen molar-refractivity contribution in [3.05, 3.63) is 24.2 Å². The van der Waals surface area contributed by atoms with Crippen LogP contribution in [0.1, 0.15) is 65.4 Å². The van der Waals surface area contributed by atoms with E-state index >= 15 is 4.79 Å². The van der Waals surface area contributed by atoms with E-state index in [0.717, 1.165) is 5.56 Å². The zero-order chi connectivity index (χ0) is 30.2. The van der Waals surface area contributed by atoms with Crippen LogP contribution in [0.15, 0.2) is 23.0 Å². The van der Waals surface area contributed by atoms with E-state index in [9.17, 15) is 19.8 Å². The maximum Gasteiger partial charge on any atom is 0.303 e. The van der Waals surface area contributed by atoms with E-state index in [4.69, 9.17) is 28.1 Å². The second kappa shape index (κ2) is 8.65. The Balaban J connectivity index is 1.44. The van der Waals surface area contributed by atoms with Crippen LogP contribution in [-0.4, -0.2) is 84.1 Å². The van der Waals surface area contributed by atoms with Crippen molar-refractivity contribution in [2.45, 2.75) is 102 Å². The molecule has 6 aliphatic rings. The summed E-state index contributed by atoms with van der Waals surface area (Å²) in [5, 5.41) is 24.1. The molecule has 1 aromatic rings. The Hall–Kier alpha value is -2.31. The van der Waals surface area contributed by atoms with Crippen LogP contribution in [0.4, 0.5) is 0 Å².